The van der Waals surface area contributed by atoms with Crippen molar-refractivity contribution >= 4 is 63.0 Å². The molecule has 6 nitrogen and oxygen atoms in total. The molecule has 0 bridgehead atoms. The summed E-state index contributed by atoms with van der Waals surface area (Å²) in [4.78, 5) is 28.4. The van der Waals surface area contributed by atoms with Crippen molar-refractivity contribution in [3.63, 3.8) is 0 Å². The molecule has 1 aromatic heterocycles. The van der Waals surface area contributed by atoms with E-state index in [-0.39, 0.29) is 28.3 Å². The van der Waals surface area contributed by atoms with Crippen LogP contribution in [0.1, 0.15) is 16.1 Å². The molecule has 4 aromatic rings. The Morgan fingerprint density at radius 1 is 0.889 bits per heavy atom. The van der Waals surface area contributed by atoms with Gasteiger partial charge in [0.2, 0.25) is 5.91 Å². The van der Waals surface area contributed by atoms with Crippen molar-refractivity contribution in [2.75, 3.05) is 17.2 Å². The van der Waals surface area contributed by atoms with Gasteiger partial charge in [0.25, 0.3) is 5.91 Å². The maximum atomic E-state index is 13.3. The molecular formula is C25H17Cl2F3N4O2. The maximum Gasteiger partial charge on any atom is 0.433 e. The van der Waals surface area contributed by atoms with Crippen LogP contribution in [0, 0.1) is 0 Å². The van der Waals surface area contributed by atoms with Crippen molar-refractivity contribution in [1.82, 2.24) is 10.3 Å². The van der Waals surface area contributed by atoms with Gasteiger partial charge in [-0.25, -0.2) is 4.98 Å². The highest BCUT2D eigenvalue weighted by molar-refractivity contribution is 6.35. The summed E-state index contributed by atoms with van der Waals surface area (Å²) in [6.45, 7) is -0.344. The minimum absolute atomic E-state index is 0.131. The number of nitrogens with one attached hydrogen (secondary N) is 3. The second-order valence-electron chi connectivity index (χ2n) is 7.63. The Kier molecular flexibility index (Phi) is 7.32. The summed E-state index contributed by atoms with van der Waals surface area (Å²) in [7, 11) is 0. The number of nitrogens with zero attached hydrogens (tertiary/aromatic N) is 1. The number of alkyl halides is 3. The lowest BCUT2D eigenvalue weighted by molar-refractivity contribution is -0.140. The number of rotatable bonds is 6. The summed E-state index contributed by atoms with van der Waals surface area (Å²) in [5.74, 6) is -1.09. The number of para-hydroxylation sites is 1. The second-order valence-corrected chi connectivity index (χ2v) is 8.47. The number of anilines is 3. The van der Waals surface area contributed by atoms with Crippen LogP contribution in [-0.4, -0.2) is 23.3 Å². The van der Waals surface area contributed by atoms with E-state index >= 15 is 0 Å². The zero-order valence-corrected chi connectivity index (χ0v) is 19.8. The van der Waals surface area contributed by atoms with Gasteiger partial charge in [-0.3, -0.25) is 9.59 Å². The molecule has 0 aliphatic heterocycles. The molecule has 0 saturated carbocycles. The normalized spacial score (nSPS) is 11.2. The van der Waals surface area contributed by atoms with Crippen LogP contribution in [0.3, 0.4) is 0 Å². The van der Waals surface area contributed by atoms with Gasteiger partial charge < -0.3 is 16.0 Å². The molecule has 0 unspecified atom stereocenters. The van der Waals surface area contributed by atoms with E-state index in [0.29, 0.717) is 21.8 Å². The smallest absolute Gasteiger partial charge is 0.355 e. The number of amides is 2. The molecule has 2 amide bonds. The van der Waals surface area contributed by atoms with E-state index in [4.69, 9.17) is 23.2 Å². The maximum absolute atomic E-state index is 13.3. The molecule has 0 aliphatic rings. The Hall–Kier alpha value is -3.82. The number of carbonyl (C=O) groups is 2. The van der Waals surface area contributed by atoms with Gasteiger partial charge in [0.05, 0.1) is 28.3 Å². The first-order valence-corrected chi connectivity index (χ1v) is 11.2. The molecular weight excluding hydrogens is 516 g/mol. The molecule has 0 saturated heterocycles. The predicted octanol–water partition coefficient (Wildman–Crippen LogP) is 6.67. The van der Waals surface area contributed by atoms with E-state index in [0.717, 1.165) is 6.07 Å². The van der Waals surface area contributed by atoms with Crippen molar-refractivity contribution in [2.24, 2.45) is 0 Å². The minimum atomic E-state index is -4.62. The standard InChI is InChI=1S/C25H17Cl2F3N4O2/c26-14-8-9-19(27)18(10-14)24(36)31-13-23(35)33-16-5-3-4-15(11-16)32-21-12-22(25(28,29)30)34-20-7-2-1-6-17(20)21/h1-12H,13H2,(H,31,36)(H,32,34)(H,33,35). The molecule has 184 valence electrons. The molecule has 1 heterocycles. The number of fused-ring (bicyclic) bond motifs is 1. The summed E-state index contributed by atoms with van der Waals surface area (Å²) in [6.07, 6.45) is -4.62. The lowest BCUT2D eigenvalue weighted by atomic mass is 10.1. The first-order valence-electron chi connectivity index (χ1n) is 10.5. The van der Waals surface area contributed by atoms with E-state index in [1.54, 1.807) is 42.5 Å². The fourth-order valence-corrected chi connectivity index (χ4v) is 3.76. The zero-order chi connectivity index (χ0) is 25.9. The SMILES string of the molecule is O=C(CNC(=O)c1cc(Cl)ccc1Cl)Nc1cccc(Nc2cc(C(F)(F)F)nc3ccccc23)c1. The fraction of sp³-hybridized carbons (Fsp3) is 0.0800. The number of hydrogen-bond donors (Lipinski definition) is 3. The Balaban J connectivity index is 1.47. The molecule has 3 aromatic carbocycles. The average molecular weight is 533 g/mol. The molecule has 0 atom stereocenters. The van der Waals surface area contributed by atoms with E-state index in [9.17, 15) is 22.8 Å². The Morgan fingerprint density at radius 2 is 1.64 bits per heavy atom. The van der Waals surface area contributed by atoms with Gasteiger partial charge in [0.1, 0.15) is 5.69 Å². The molecule has 0 fully saturated rings. The summed E-state index contributed by atoms with van der Waals surface area (Å²) in [5, 5.41) is 9.07. The van der Waals surface area contributed by atoms with Crippen molar-refractivity contribution in [1.29, 1.82) is 0 Å². The van der Waals surface area contributed by atoms with Crippen LogP contribution < -0.4 is 16.0 Å². The third-order valence-electron chi connectivity index (χ3n) is 5.01. The minimum Gasteiger partial charge on any atom is -0.355 e. The summed E-state index contributed by atoms with van der Waals surface area (Å²) in [6, 6.07) is 18.2. The predicted molar refractivity (Wildman–Crippen MR) is 134 cm³/mol. The van der Waals surface area contributed by atoms with Crippen LogP contribution in [0.15, 0.2) is 72.8 Å². The van der Waals surface area contributed by atoms with Gasteiger partial charge in [-0.1, -0.05) is 47.5 Å². The second kappa shape index (κ2) is 10.4. The number of carbonyl (C=O) groups excluding carboxylic acids is 2. The van der Waals surface area contributed by atoms with Crippen LogP contribution in [0.2, 0.25) is 10.0 Å². The topological polar surface area (TPSA) is 83.1 Å². The van der Waals surface area contributed by atoms with Gasteiger partial charge in [0.15, 0.2) is 0 Å². The van der Waals surface area contributed by atoms with Crippen LogP contribution >= 0.6 is 23.2 Å². The third-order valence-corrected chi connectivity index (χ3v) is 5.58. The third kappa shape index (κ3) is 6.05. The van der Waals surface area contributed by atoms with Gasteiger partial charge in [-0.15, -0.1) is 0 Å². The van der Waals surface area contributed by atoms with Gasteiger partial charge in [0, 0.05) is 21.8 Å². The van der Waals surface area contributed by atoms with E-state index in [1.807, 2.05) is 0 Å². The average Bonchev–Trinajstić information content (AvgIpc) is 2.83. The zero-order valence-electron chi connectivity index (χ0n) is 18.3. The number of benzene rings is 3. The highest BCUT2D eigenvalue weighted by atomic mass is 35.5. The van der Waals surface area contributed by atoms with Gasteiger partial charge >= 0.3 is 6.18 Å². The quantitative estimate of drug-likeness (QED) is 0.259. The van der Waals surface area contributed by atoms with Crippen LogP contribution in [0.25, 0.3) is 10.9 Å². The summed E-state index contributed by atoms with van der Waals surface area (Å²) in [5.41, 5.74) is 0.313. The largest absolute Gasteiger partial charge is 0.433 e. The molecule has 4 rings (SSSR count). The molecule has 11 heteroatoms. The Labute approximate surface area is 213 Å². The first kappa shape index (κ1) is 25.3. The number of hydrogen-bond acceptors (Lipinski definition) is 4. The fourth-order valence-electron chi connectivity index (χ4n) is 3.39. The molecule has 0 aliphatic carbocycles. The highest BCUT2D eigenvalue weighted by Crippen LogP contribution is 2.34. The van der Waals surface area contributed by atoms with Crippen molar-refractivity contribution in [3.8, 4) is 0 Å². The number of halogens is 5. The van der Waals surface area contributed by atoms with Crippen molar-refractivity contribution in [2.45, 2.75) is 6.18 Å². The van der Waals surface area contributed by atoms with Crippen LogP contribution in [0.4, 0.5) is 30.2 Å². The van der Waals surface area contributed by atoms with E-state index in [2.05, 4.69) is 20.9 Å². The van der Waals surface area contributed by atoms with E-state index in [1.165, 1.54) is 24.3 Å². The number of aromatic nitrogens is 1. The highest BCUT2D eigenvalue weighted by Gasteiger charge is 2.33. The van der Waals surface area contributed by atoms with Crippen molar-refractivity contribution < 1.29 is 22.8 Å². The lowest BCUT2D eigenvalue weighted by Crippen LogP contribution is -2.33. The van der Waals surface area contributed by atoms with Crippen molar-refractivity contribution in [3.05, 3.63) is 94.1 Å². The van der Waals surface area contributed by atoms with Crippen LogP contribution in [-0.2, 0) is 11.0 Å². The summed E-state index contributed by atoms with van der Waals surface area (Å²) >= 11 is 11.9. The first-order chi connectivity index (χ1) is 17.1. The van der Waals surface area contributed by atoms with Crippen LogP contribution in [0.5, 0.6) is 0 Å². The van der Waals surface area contributed by atoms with E-state index < -0.39 is 23.7 Å². The Bertz CT molecular complexity index is 1460. The monoisotopic (exact) mass is 532 g/mol. The molecule has 0 spiro atoms. The lowest BCUT2D eigenvalue weighted by Gasteiger charge is -2.14. The van der Waals surface area contributed by atoms with Gasteiger partial charge in [-0.2, -0.15) is 13.2 Å². The Morgan fingerprint density at radius 3 is 2.42 bits per heavy atom. The summed E-state index contributed by atoms with van der Waals surface area (Å²) < 4.78 is 40.0. The molecule has 36 heavy (non-hydrogen) atoms. The molecule has 0 radical (unpaired) electrons. The van der Waals surface area contributed by atoms with Gasteiger partial charge in [-0.05, 0) is 48.5 Å². The number of pyridine rings is 1. The molecule has 3 N–H and O–H groups in total.